The number of ketones is 1. The van der Waals surface area contributed by atoms with Gasteiger partial charge in [-0.3, -0.25) is 4.79 Å². The number of nitrogens with zero attached hydrogens (tertiary/aromatic N) is 1. The summed E-state index contributed by atoms with van der Waals surface area (Å²) in [5.74, 6) is 0.507. The number of hydrogen-bond donors (Lipinski definition) is 0. The summed E-state index contributed by atoms with van der Waals surface area (Å²) in [4.78, 5) is 25.2. The molecule has 0 amide bonds. The second-order valence-electron chi connectivity index (χ2n) is 8.08. The van der Waals surface area contributed by atoms with Crippen LogP contribution < -0.4 is 10.4 Å². The van der Waals surface area contributed by atoms with Gasteiger partial charge < -0.3 is 13.7 Å². The van der Waals surface area contributed by atoms with E-state index in [2.05, 4.69) is 6.92 Å². The third-order valence-electron chi connectivity index (χ3n) is 5.87. The lowest BCUT2D eigenvalue weighted by molar-refractivity contribution is 0.0923. The average Bonchev–Trinajstić information content (AvgIpc) is 3.00. The number of carbonyl (C=O) groups is 1. The number of Topliss-reactive ketones (excluding diaryl/α,β-unsaturated/α-hetero) is 1. The molecule has 0 saturated heterocycles. The number of aryl methyl sites for hydroxylation is 3. The van der Waals surface area contributed by atoms with Gasteiger partial charge in [0.2, 0.25) is 5.78 Å². The van der Waals surface area contributed by atoms with E-state index in [1.807, 2.05) is 61.9 Å². The minimum Gasteiger partial charge on any atom is -0.485 e. The molecule has 2 heterocycles. The van der Waals surface area contributed by atoms with Crippen molar-refractivity contribution < 1.29 is 13.9 Å². The summed E-state index contributed by atoms with van der Waals surface area (Å²) >= 11 is 0. The molecule has 2 aromatic carbocycles. The smallest absolute Gasteiger partial charge is 0.336 e. The third-order valence-corrected chi connectivity index (χ3v) is 5.87. The SMILES string of the molecule is CCCCc1cc(=O)oc2cc(C)cc(OCC(=O)c3c(C)n(C)c4ccccc34)c12. The summed E-state index contributed by atoms with van der Waals surface area (Å²) in [6, 6.07) is 13.2. The van der Waals surface area contributed by atoms with Crippen LogP contribution in [-0.2, 0) is 13.5 Å². The first-order valence-electron chi connectivity index (χ1n) is 10.7. The van der Waals surface area contributed by atoms with Crippen LogP contribution in [0.3, 0.4) is 0 Å². The molecule has 160 valence electrons. The van der Waals surface area contributed by atoms with Crippen LogP contribution in [-0.4, -0.2) is 17.0 Å². The summed E-state index contributed by atoms with van der Waals surface area (Å²) in [6.45, 7) is 5.90. The first kappa shape index (κ1) is 20.9. The molecule has 0 spiro atoms. The van der Waals surface area contributed by atoms with Crippen LogP contribution >= 0.6 is 0 Å². The zero-order valence-electron chi connectivity index (χ0n) is 18.5. The molecule has 0 radical (unpaired) electrons. The fourth-order valence-corrected chi connectivity index (χ4v) is 4.24. The molecule has 31 heavy (non-hydrogen) atoms. The van der Waals surface area contributed by atoms with E-state index >= 15 is 0 Å². The highest BCUT2D eigenvalue weighted by atomic mass is 16.5. The van der Waals surface area contributed by atoms with Gasteiger partial charge in [0.25, 0.3) is 0 Å². The number of benzene rings is 2. The number of unbranched alkanes of at least 4 members (excludes halogenated alkanes) is 1. The Balaban J connectivity index is 1.72. The van der Waals surface area contributed by atoms with Gasteiger partial charge in [-0.25, -0.2) is 4.79 Å². The number of fused-ring (bicyclic) bond motifs is 2. The van der Waals surface area contributed by atoms with Gasteiger partial charge in [0.1, 0.15) is 11.3 Å². The maximum atomic E-state index is 13.2. The Morgan fingerprint density at radius 3 is 2.68 bits per heavy atom. The lowest BCUT2D eigenvalue weighted by atomic mass is 10.0. The van der Waals surface area contributed by atoms with E-state index in [1.165, 1.54) is 6.07 Å². The number of hydrogen-bond acceptors (Lipinski definition) is 4. The van der Waals surface area contributed by atoms with Gasteiger partial charge in [-0.1, -0.05) is 31.5 Å². The van der Waals surface area contributed by atoms with Gasteiger partial charge in [0, 0.05) is 35.3 Å². The Morgan fingerprint density at radius 2 is 1.90 bits per heavy atom. The van der Waals surface area contributed by atoms with Crippen molar-refractivity contribution >= 4 is 27.7 Å². The number of aromatic nitrogens is 1. The molecular formula is C26H27NO4. The molecule has 0 atom stereocenters. The molecule has 0 bridgehead atoms. The molecule has 0 aliphatic carbocycles. The monoisotopic (exact) mass is 417 g/mol. The van der Waals surface area contributed by atoms with Crippen LogP contribution in [0.4, 0.5) is 0 Å². The molecule has 0 fully saturated rings. The molecule has 0 aliphatic heterocycles. The van der Waals surface area contributed by atoms with Crippen LogP contribution in [0.2, 0.25) is 0 Å². The van der Waals surface area contributed by atoms with Crippen molar-refractivity contribution in [2.45, 2.75) is 40.0 Å². The molecule has 2 aromatic heterocycles. The molecule has 0 aliphatic rings. The minimum absolute atomic E-state index is 0.0727. The largest absolute Gasteiger partial charge is 0.485 e. The Bertz CT molecular complexity index is 1340. The number of ether oxygens (including phenoxy) is 1. The van der Waals surface area contributed by atoms with Crippen LogP contribution in [0.15, 0.2) is 51.7 Å². The van der Waals surface area contributed by atoms with E-state index in [-0.39, 0.29) is 18.0 Å². The number of para-hydroxylation sites is 1. The van der Waals surface area contributed by atoms with Gasteiger partial charge in [0.15, 0.2) is 6.61 Å². The Labute approximate surface area is 181 Å². The van der Waals surface area contributed by atoms with E-state index in [1.54, 1.807) is 0 Å². The molecule has 0 saturated carbocycles. The number of carbonyl (C=O) groups excluding carboxylic acids is 1. The maximum absolute atomic E-state index is 13.2. The molecular weight excluding hydrogens is 390 g/mol. The molecule has 4 rings (SSSR count). The predicted octanol–water partition coefficient (Wildman–Crippen LogP) is 5.51. The Hall–Kier alpha value is -3.34. The topological polar surface area (TPSA) is 61.4 Å². The quantitative estimate of drug-likeness (QED) is 0.294. The van der Waals surface area contributed by atoms with E-state index < -0.39 is 0 Å². The lowest BCUT2D eigenvalue weighted by Crippen LogP contribution is -2.13. The fraction of sp³-hybridized carbons (Fsp3) is 0.308. The summed E-state index contributed by atoms with van der Waals surface area (Å²) in [5.41, 5.74) is 4.57. The third kappa shape index (κ3) is 3.88. The van der Waals surface area contributed by atoms with Crippen LogP contribution in [0.5, 0.6) is 5.75 Å². The van der Waals surface area contributed by atoms with Crippen LogP contribution in [0, 0.1) is 13.8 Å². The Morgan fingerprint density at radius 1 is 1.13 bits per heavy atom. The maximum Gasteiger partial charge on any atom is 0.336 e. The van der Waals surface area contributed by atoms with Gasteiger partial charge in [-0.2, -0.15) is 0 Å². The van der Waals surface area contributed by atoms with Crippen molar-refractivity contribution in [1.82, 2.24) is 4.57 Å². The summed E-state index contributed by atoms with van der Waals surface area (Å²) in [7, 11) is 1.96. The minimum atomic E-state index is -0.363. The van der Waals surface area contributed by atoms with Gasteiger partial charge >= 0.3 is 5.63 Å². The van der Waals surface area contributed by atoms with Crippen molar-refractivity contribution in [2.75, 3.05) is 6.61 Å². The van der Waals surface area contributed by atoms with Crippen LogP contribution in [0.1, 0.15) is 46.9 Å². The zero-order valence-corrected chi connectivity index (χ0v) is 18.5. The lowest BCUT2D eigenvalue weighted by Gasteiger charge is -2.13. The molecule has 5 nitrogen and oxygen atoms in total. The first-order valence-corrected chi connectivity index (χ1v) is 10.7. The molecule has 0 N–H and O–H groups in total. The van der Waals surface area contributed by atoms with Crippen molar-refractivity contribution in [3.63, 3.8) is 0 Å². The summed E-state index contributed by atoms with van der Waals surface area (Å²) < 4.78 is 13.6. The van der Waals surface area contributed by atoms with Crippen molar-refractivity contribution in [3.05, 3.63) is 75.3 Å². The standard InChI is InChI=1S/C26H27NO4/c1-5-6-9-18-14-24(29)31-23-13-16(2)12-22(26(18)23)30-15-21(28)25-17(3)27(4)20-11-8-7-10-19(20)25/h7-8,10-14H,5-6,9,15H2,1-4H3. The molecule has 0 unspecified atom stereocenters. The number of rotatable bonds is 7. The van der Waals surface area contributed by atoms with Gasteiger partial charge in [-0.05, 0) is 56.0 Å². The highest BCUT2D eigenvalue weighted by Gasteiger charge is 2.20. The highest BCUT2D eigenvalue weighted by Crippen LogP contribution is 2.31. The summed E-state index contributed by atoms with van der Waals surface area (Å²) in [5, 5.41) is 1.71. The van der Waals surface area contributed by atoms with E-state index in [9.17, 15) is 9.59 Å². The normalized spacial score (nSPS) is 11.4. The van der Waals surface area contributed by atoms with Crippen molar-refractivity contribution in [2.24, 2.45) is 7.05 Å². The van der Waals surface area contributed by atoms with E-state index in [0.717, 1.165) is 52.4 Å². The van der Waals surface area contributed by atoms with E-state index in [0.29, 0.717) is 16.9 Å². The average molecular weight is 418 g/mol. The highest BCUT2D eigenvalue weighted by molar-refractivity contribution is 6.10. The van der Waals surface area contributed by atoms with E-state index in [4.69, 9.17) is 9.15 Å². The first-order chi connectivity index (χ1) is 14.9. The van der Waals surface area contributed by atoms with Gasteiger partial charge in [-0.15, -0.1) is 0 Å². The molecule has 4 aromatic rings. The van der Waals surface area contributed by atoms with Crippen molar-refractivity contribution in [1.29, 1.82) is 0 Å². The van der Waals surface area contributed by atoms with Crippen LogP contribution in [0.25, 0.3) is 21.9 Å². The molecule has 5 heteroatoms. The fourth-order valence-electron chi connectivity index (χ4n) is 4.24. The summed E-state index contributed by atoms with van der Waals surface area (Å²) in [6.07, 6.45) is 2.73. The zero-order chi connectivity index (χ0) is 22.1. The second kappa shape index (κ2) is 8.42. The second-order valence-corrected chi connectivity index (χ2v) is 8.08. The predicted molar refractivity (Wildman–Crippen MR) is 123 cm³/mol. The Kier molecular flexibility index (Phi) is 5.68. The van der Waals surface area contributed by atoms with Gasteiger partial charge in [0.05, 0.1) is 5.39 Å². The van der Waals surface area contributed by atoms with Crippen molar-refractivity contribution in [3.8, 4) is 5.75 Å².